The van der Waals surface area contributed by atoms with Crippen molar-refractivity contribution in [3.63, 3.8) is 0 Å². The minimum absolute atomic E-state index is 0.0270. The van der Waals surface area contributed by atoms with Crippen LogP contribution in [0.1, 0.15) is 32.1 Å². The molecule has 2 unspecified atom stereocenters. The van der Waals surface area contributed by atoms with Crippen LogP contribution in [0.4, 0.5) is 0 Å². The quantitative estimate of drug-likeness (QED) is 0.799. The summed E-state index contributed by atoms with van der Waals surface area (Å²) < 4.78 is 10.9. The summed E-state index contributed by atoms with van der Waals surface area (Å²) in [4.78, 5) is 2.41. The molecule has 1 aliphatic heterocycles. The summed E-state index contributed by atoms with van der Waals surface area (Å²) in [6.07, 6.45) is 6.65. The fourth-order valence-corrected chi connectivity index (χ4v) is 3.26. The Morgan fingerprint density at radius 2 is 1.59 bits per heavy atom. The zero-order valence-corrected chi connectivity index (χ0v) is 11.2. The van der Waals surface area contributed by atoms with Gasteiger partial charge in [-0.2, -0.15) is 0 Å². The molecule has 100 valence electrons. The highest BCUT2D eigenvalue weighted by molar-refractivity contribution is 4.94. The minimum Gasteiger partial charge on any atom is -0.377 e. The molecule has 0 aromatic heterocycles. The number of hydrogen-bond acceptors (Lipinski definition) is 4. The predicted octanol–water partition coefficient (Wildman–Crippen LogP) is 0.994. The van der Waals surface area contributed by atoms with E-state index in [1.807, 2.05) is 0 Å². The lowest BCUT2D eigenvalue weighted by Crippen LogP contribution is -2.51. The first-order valence-corrected chi connectivity index (χ1v) is 6.74. The summed E-state index contributed by atoms with van der Waals surface area (Å²) in [7, 11) is 3.53. The van der Waals surface area contributed by atoms with E-state index in [0.29, 0.717) is 0 Å². The molecule has 0 aromatic rings. The van der Waals surface area contributed by atoms with Crippen molar-refractivity contribution in [1.29, 1.82) is 0 Å². The van der Waals surface area contributed by atoms with Gasteiger partial charge in [-0.15, -0.1) is 0 Å². The fraction of sp³-hybridized carbons (Fsp3) is 1.00. The summed E-state index contributed by atoms with van der Waals surface area (Å²) in [5, 5.41) is 0. The van der Waals surface area contributed by atoms with Crippen molar-refractivity contribution < 1.29 is 9.47 Å². The van der Waals surface area contributed by atoms with Crippen LogP contribution < -0.4 is 5.73 Å². The lowest BCUT2D eigenvalue weighted by atomic mass is 9.82. The number of nitrogens with zero attached hydrogens (tertiary/aromatic N) is 1. The third-order valence-electron chi connectivity index (χ3n) is 4.28. The second-order valence-corrected chi connectivity index (χ2v) is 5.67. The van der Waals surface area contributed by atoms with Gasteiger partial charge in [-0.25, -0.2) is 0 Å². The Balaban J connectivity index is 1.87. The van der Waals surface area contributed by atoms with Crippen LogP contribution >= 0.6 is 0 Å². The van der Waals surface area contributed by atoms with Gasteiger partial charge in [-0.3, -0.25) is 4.90 Å². The minimum atomic E-state index is 0.0270. The van der Waals surface area contributed by atoms with E-state index in [2.05, 4.69) is 4.90 Å². The van der Waals surface area contributed by atoms with Crippen molar-refractivity contribution in [1.82, 2.24) is 4.90 Å². The second-order valence-electron chi connectivity index (χ2n) is 5.67. The molecule has 0 aromatic carbocycles. The van der Waals surface area contributed by atoms with Crippen LogP contribution in [0.2, 0.25) is 0 Å². The fourth-order valence-electron chi connectivity index (χ4n) is 3.26. The zero-order valence-electron chi connectivity index (χ0n) is 11.2. The number of ether oxygens (including phenoxy) is 2. The topological polar surface area (TPSA) is 47.7 Å². The third-order valence-corrected chi connectivity index (χ3v) is 4.28. The Labute approximate surface area is 104 Å². The Morgan fingerprint density at radius 3 is 2.06 bits per heavy atom. The van der Waals surface area contributed by atoms with Gasteiger partial charge in [-0.05, 0) is 12.8 Å². The van der Waals surface area contributed by atoms with E-state index >= 15 is 0 Å². The zero-order chi connectivity index (χ0) is 12.3. The highest BCUT2D eigenvalue weighted by Gasteiger charge is 2.37. The molecule has 2 N–H and O–H groups in total. The Hall–Kier alpha value is -0.160. The van der Waals surface area contributed by atoms with Crippen LogP contribution in [-0.4, -0.2) is 56.5 Å². The van der Waals surface area contributed by atoms with E-state index < -0.39 is 0 Å². The van der Waals surface area contributed by atoms with Crippen LogP contribution in [0.15, 0.2) is 0 Å². The Kier molecular flexibility index (Phi) is 4.42. The van der Waals surface area contributed by atoms with Gasteiger partial charge in [0.15, 0.2) is 0 Å². The van der Waals surface area contributed by atoms with Gasteiger partial charge < -0.3 is 15.2 Å². The molecule has 2 rings (SSSR count). The van der Waals surface area contributed by atoms with Crippen LogP contribution in [0.3, 0.4) is 0 Å². The largest absolute Gasteiger partial charge is 0.377 e. The molecular weight excluding hydrogens is 216 g/mol. The van der Waals surface area contributed by atoms with Crippen LogP contribution in [-0.2, 0) is 9.47 Å². The van der Waals surface area contributed by atoms with Gasteiger partial charge in [0.05, 0.1) is 12.2 Å². The van der Waals surface area contributed by atoms with Crippen molar-refractivity contribution >= 4 is 0 Å². The maximum Gasteiger partial charge on any atom is 0.0971 e. The highest BCUT2D eigenvalue weighted by Crippen LogP contribution is 2.28. The van der Waals surface area contributed by atoms with E-state index in [0.717, 1.165) is 19.6 Å². The van der Waals surface area contributed by atoms with E-state index in [1.165, 1.54) is 32.1 Å². The van der Waals surface area contributed by atoms with E-state index in [4.69, 9.17) is 15.2 Å². The monoisotopic (exact) mass is 242 g/mol. The lowest BCUT2D eigenvalue weighted by molar-refractivity contribution is -0.00461. The molecule has 1 saturated heterocycles. The molecule has 4 nitrogen and oxygen atoms in total. The van der Waals surface area contributed by atoms with Crippen LogP contribution in [0.25, 0.3) is 0 Å². The first-order chi connectivity index (χ1) is 8.17. The molecule has 1 heterocycles. The number of nitrogens with two attached hydrogens (primary N) is 1. The summed E-state index contributed by atoms with van der Waals surface area (Å²) in [5.41, 5.74) is 6.52. The van der Waals surface area contributed by atoms with Crippen LogP contribution in [0.5, 0.6) is 0 Å². The average molecular weight is 242 g/mol. The normalized spacial score (nSPS) is 34.1. The van der Waals surface area contributed by atoms with Gasteiger partial charge in [-0.1, -0.05) is 19.3 Å². The molecule has 0 bridgehead atoms. The average Bonchev–Trinajstić information content (AvgIpc) is 2.71. The number of rotatable bonds is 4. The Bertz CT molecular complexity index is 230. The molecule has 4 heteroatoms. The molecule has 2 fully saturated rings. The number of likely N-dealkylation sites (tertiary alicyclic amines) is 1. The van der Waals surface area contributed by atoms with Gasteiger partial charge in [0, 0.05) is 39.4 Å². The summed E-state index contributed by atoms with van der Waals surface area (Å²) in [6.45, 7) is 2.90. The second kappa shape index (κ2) is 5.65. The molecule has 0 radical (unpaired) electrons. The number of hydrogen-bond donors (Lipinski definition) is 1. The molecule has 1 aliphatic carbocycles. The molecule has 1 saturated carbocycles. The van der Waals surface area contributed by atoms with Crippen molar-refractivity contribution in [2.75, 3.05) is 33.9 Å². The van der Waals surface area contributed by atoms with E-state index in [-0.39, 0.29) is 17.7 Å². The SMILES string of the molecule is COC1CN(CC2(N)CCCCC2)CC1OC. The summed E-state index contributed by atoms with van der Waals surface area (Å²) in [6, 6.07) is 0. The first kappa shape index (κ1) is 13.3. The summed E-state index contributed by atoms with van der Waals surface area (Å²) in [5.74, 6) is 0. The number of methoxy groups -OCH3 is 2. The molecule has 2 atom stereocenters. The smallest absolute Gasteiger partial charge is 0.0971 e. The predicted molar refractivity (Wildman–Crippen MR) is 68.0 cm³/mol. The van der Waals surface area contributed by atoms with Crippen molar-refractivity contribution in [2.24, 2.45) is 5.73 Å². The van der Waals surface area contributed by atoms with Crippen molar-refractivity contribution in [3.8, 4) is 0 Å². The Morgan fingerprint density at radius 1 is 1.06 bits per heavy atom. The highest BCUT2D eigenvalue weighted by atomic mass is 16.5. The van der Waals surface area contributed by atoms with Gasteiger partial charge >= 0.3 is 0 Å². The third kappa shape index (κ3) is 3.19. The molecular formula is C13H26N2O2. The van der Waals surface area contributed by atoms with Gasteiger partial charge in [0.1, 0.15) is 0 Å². The van der Waals surface area contributed by atoms with E-state index in [1.54, 1.807) is 14.2 Å². The molecule has 0 amide bonds. The summed E-state index contributed by atoms with van der Waals surface area (Å²) >= 11 is 0. The van der Waals surface area contributed by atoms with E-state index in [9.17, 15) is 0 Å². The maximum atomic E-state index is 6.49. The van der Waals surface area contributed by atoms with Gasteiger partial charge in [0.2, 0.25) is 0 Å². The maximum absolute atomic E-state index is 6.49. The van der Waals surface area contributed by atoms with Gasteiger partial charge in [0.25, 0.3) is 0 Å². The molecule has 0 spiro atoms. The van der Waals surface area contributed by atoms with Crippen molar-refractivity contribution in [3.05, 3.63) is 0 Å². The molecule has 2 aliphatic rings. The lowest BCUT2D eigenvalue weighted by Gasteiger charge is -2.36. The molecule has 17 heavy (non-hydrogen) atoms. The first-order valence-electron chi connectivity index (χ1n) is 6.74. The van der Waals surface area contributed by atoms with Crippen LogP contribution in [0, 0.1) is 0 Å². The standard InChI is InChI=1S/C13H26N2O2/c1-16-11-8-15(9-12(11)17-2)10-13(14)6-4-3-5-7-13/h11-12H,3-10,14H2,1-2H3. The van der Waals surface area contributed by atoms with Crippen molar-refractivity contribution in [2.45, 2.75) is 49.9 Å².